The maximum atomic E-state index is 3.31. The molecule has 0 radical (unpaired) electrons. The zero-order chi connectivity index (χ0) is 7.61. The molecule has 1 heterocycles. The summed E-state index contributed by atoms with van der Waals surface area (Å²) >= 11 is 0. The fourth-order valence-electron chi connectivity index (χ4n) is 1.23. The van der Waals surface area contributed by atoms with Gasteiger partial charge in [0, 0.05) is 20.1 Å². The Kier molecular flexibility index (Phi) is 2.28. The summed E-state index contributed by atoms with van der Waals surface area (Å²) in [7, 11) is 6.46. The quantitative estimate of drug-likeness (QED) is 0.500. The summed E-state index contributed by atoms with van der Waals surface area (Å²) in [6, 6.07) is 0. The van der Waals surface area contributed by atoms with E-state index in [1.54, 1.807) is 0 Å². The molecule has 0 aromatic heterocycles. The van der Waals surface area contributed by atoms with Crippen LogP contribution in [0.5, 0.6) is 0 Å². The van der Waals surface area contributed by atoms with Crippen LogP contribution in [0, 0.1) is 0 Å². The summed E-state index contributed by atoms with van der Waals surface area (Å²) in [5.74, 6) is 0. The Balaban J connectivity index is 2.38. The van der Waals surface area contributed by atoms with E-state index in [0.717, 1.165) is 4.59 Å². The van der Waals surface area contributed by atoms with Gasteiger partial charge in [0.2, 0.25) is 0 Å². The van der Waals surface area contributed by atoms with Crippen LogP contribution >= 0.6 is 0 Å². The van der Waals surface area contributed by atoms with Gasteiger partial charge in [-0.05, 0) is 7.05 Å². The number of hydrogen-bond donors (Lipinski definition) is 1. The lowest BCUT2D eigenvalue weighted by Gasteiger charge is -2.39. The van der Waals surface area contributed by atoms with E-state index < -0.39 is 0 Å². The van der Waals surface area contributed by atoms with Gasteiger partial charge >= 0.3 is 0 Å². The van der Waals surface area contributed by atoms with Crippen molar-refractivity contribution in [1.82, 2.24) is 10.3 Å². The predicted molar refractivity (Wildman–Crippen MR) is 42.5 cm³/mol. The number of hydrogen-bond acceptors (Lipinski definition) is 2. The Morgan fingerprint density at radius 3 is 2.20 bits per heavy atom. The molecule has 0 aliphatic carbocycles. The Hall–Kier alpha value is -0.120. The van der Waals surface area contributed by atoms with E-state index in [2.05, 4.69) is 24.4 Å². The van der Waals surface area contributed by atoms with Gasteiger partial charge in [0.15, 0.2) is 0 Å². The van der Waals surface area contributed by atoms with Gasteiger partial charge in [-0.1, -0.05) is 0 Å². The molecule has 0 saturated carbocycles. The van der Waals surface area contributed by atoms with Gasteiger partial charge in [-0.15, -0.1) is 0 Å². The number of nitrogens with zero attached hydrogens (tertiary/aromatic N) is 2. The van der Waals surface area contributed by atoms with E-state index in [4.69, 9.17) is 0 Å². The zero-order valence-corrected chi connectivity index (χ0v) is 7.22. The van der Waals surface area contributed by atoms with Crippen LogP contribution < -0.4 is 5.43 Å². The van der Waals surface area contributed by atoms with Crippen molar-refractivity contribution in [2.75, 3.05) is 47.3 Å². The molecule has 1 aliphatic rings. The third-order valence-corrected chi connectivity index (χ3v) is 2.49. The van der Waals surface area contributed by atoms with Crippen molar-refractivity contribution in [2.45, 2.75) is 0 Å². The predicted octanol–water partition coefficient (Wildman–Crippen LogP) is -0.487. The molecule has 1 fully saturated rings. The highest BCUT2D eigenvalue weighted by Crippen LogP contribution is 2.02. The van der Waals surface area contributed by atoms with Crippen LogP contribution in [0.25, 0.3) is 0 Å². The fraction of sp³-hybridized carbons (Fsp3) is 1.00. The molecule has 60 valence electrons. The van der Waals surface area contributed by atoms with Gasteiger partial charge in [-0.25, -0.2) is 4.59 Å². The monoisotopic (exact) mass is 144 g/mol. The van der Waals surface area contributed by atoms with Crippen LogP contribution in [0.1, 0.15) is 0 Å². The minimum atomic E-state index is 1.02. The first-order valence-corrected chi connectivity index (χ1v) is 3.88. The van der Waals surface area contributed by atoms with Crippen LogP contribution in [-0.2, 0) is 0 Å². The highest BCUT2D eigenvalue weighted by molar-refractivity contribution is 4.55. The molecule has 0 spiro atoms. The average molecular weight is 144 g/mol. The summed E-state index contributed by atoms with van der Waals surface area (Å²) in [6.45, 7) is 4.84. The second-order valence-corrected chi connectivity index (χ2v) is 3.37. The third-order valence-electron chi connectivity index (χ3n) is 2.49. The lowest BCUT2D eigenvalue weighted by atomic mass is 10.3. The second kappa shape index (κ2) is 2.86. The van der Waals surface area contributed by atoms with Crippen LogP contribution in [0.15, 0.2) is 0 Å². The first-order chi connectivity index (χ1) is 4.66. The van der Waals surface area contributed by atoms with Crippen molar-refractivity contribution in [3.05, 3.63) is 0 Å². The topological polar surface area (TPSA) is 15.3 Å². The minimum Gasteiger partial charge on any atom is -0.295 e. The standard InChI is InChI=1S/C7H18N3/c1-8-10(3)6-4-9(2)5-7-10/h8H,4-7H2,1-3H3/q+1. The van der Waals surface area contributed by atoms with Crippen molar-refractivity contribution >= 4 is 0 Å². The van der Waals surface area contributed by atoms with Crippen molar-refractivity contribution < 1.29 is 4.59 Å². The number of nitrogens with one attached hydrogen (secondary N) is 1. The third kappa shape index (κ3) is 1.68. The van der Waals surface area contributed by atoms with E-state index in [9.17, 15) is 0 Å². The maximum absolute atomic E-state index is 3.31. The molecule has 1 aliphatic heterocycles. The molecule has 1 saturated heterocycles. The molecule has 3 nitrogen and oxygen atoms in total. The summed E-state index contributed by atoms with van der Waals surface area (Å²) in [6.07, 6.45) is 0. The molecule has 10 heavy (non-hydrogen) atoms. The van der Waals surface area contributed by atoms with Gasteiger partial charge in [0.1, 0.15) is 13.1 Å². The van der Waals surface area contributed by atoms with E-state index in [1.165, 1.54) is 26.2 Å². The molecule has 0 unspecified atom stereocenters. The van der Waals surface area contributed by atoms with Gasteiger partial charge in [-0.2, -0.15) is 5.43 Å². The van der Waals surface area contributed by atoms with Crippen LogP contribution in [0.2, 0.25) is 0 Å². The van der Waals surface area contributed by atoms with Crippen molar-refractivity contribution in [2.24, 2.45) is 0 Å². The summed E-state index contributed by atoms with van der Waals surface area (Å²) in [4.78, 5) is 2.37. The van der Waals surface area contributed by atoms with Gasteiger partial charge in [-0.3, -0.25) is 4.90 Å². The van der Waals surface area contributed by atoms with E-state index in [1.807, 2.05) is 7.05 Å². The molecule has 0 aromatic rings. The summed E-state index contributed by atoms with van der Waals surface area (Å²) < 4.78 is 1.02. The van der Waals surface area contributed by atoms with Gasteiger partial charge in [0.25, 0.3) is 0 Å². The van der Waals surface area contributed by atoms with E-state index in [-0.39, 0.29) is 0 Å². The lowest BCUT2D eigenvalue weighted by Crippen LogP contribution is -2.62. The second-order valence-electron chi connectivity index (χ2n) is 3.37. The molecule has 0 atom stereocenters. The number of quaternary nitrogens is 1. The highest BCUT2D eigenvalue weighted by atomic mass is 15.6. The molecule has 3 heteroatoms. The molecular weight excluding hydrogens is 126 g/mol. The molecule has 0 bridgehead atoms. The summed E-state index contributed by atoms with van der Waals surface area (Å²) in [5, 5.41) is 0. The first kappa shape index (κ1) is 7.98. The van der Waals surface area contributed by atoms with Crippen molar-refractivity contribution in [1.29, 1.82) is 0 Å². The normalized spacial score (nSPS) is 26.7. The minimum absolute atomic E-state index is 1.02. The number of piperazine rings is 1. The van der Waals surface area contributed by atoms with Crippen molar-refractivity contribution in [3.63, 3.8) is 0 Å². The van der Waals surface area contributed by atoms with Crippen LogP contribution in [-0.4, -0.2) is 56.8 Å². The maximum Gasteiger partial charge on any atom is 0.109 e. The van der Waals surface area contributed by atoms with Gasteiger partial charge in [0.05, 0.1) is 7.05 Å². The molecule has 1 rings (SSSR count). The summed E-state index contributed by atoms with van der Waals surface area (Å²) in [5.41, 5.74) is 3.31. The fourth-order valence-corrected chi connectivity index (χ4v) is 1.23. The Morgan fingerprint density at radius 1 is 1.30 bits per heavy atom. The number of likely N-dealkylation sites (N-methyl/N-ethyl adjacent to an activating group) is 2. The largest absolute Gasteiger partial charge is 0.295 e. The SMILES string of the molecule is CN[N+]1(C)CCN(C)CC1. The van der Waals surface area contributed by atoms with E-state index in [0.29, 0.717) is 0 Å². The van der Waals surface area contributed by atoms with Crippen molar-refractivity contribution in [3.8, 4) is 0 Å². The van der Waals surface area contributed by atoms with Crippen LogP contribution in [0.3, 0.4) is 0 Å². The Morgan fingerprint density at radius 2 is 1.80 bits per heavy atom. The number of rotatable bonds is 1. The van der Waals surface area contributed by atoms with Gasteiger partial charge < -0.3 is 0 Å². The smallest absolute Gasteiger partial charge is 0.109 e. The lowest BCUT2D eigenvalue weighted by molar-refractivity contribution is -0.953. The molecule has 1 N–H and O–H groups in total. The Labute approximate surface area is 63.2 Å². The highest BCUT2D eigenvalue weighted by Gasteiger charge is 2.25. The molecule has 0 aromatic carbocycles. The Bertz CT molecular complexity index is 105. The van der Waals surface area contributed by atoms with E-state index >= 15 is 0 Å². The van der Waals surface area contributed by atoms with Crippen LogP contribution in [0.4, 0.5) is 0 Å². The first-order valence-electron chi connectivity index (χ1n) is 3.88. The average Bonchev–Trinajstić information content (AvgIpc) is 1.96. The zero-order valence-electron chi connectivity index (χ0n) is 7.22. The molecule has 0 amide bonds. The molecular formula is C7H18N3+.